The van der Waals surface area contributed by atoms with E-state index in [1.165, 1.54) is 5.56 Å². The van der Waals surface area contributed by atoms with Crippen LogP contribution in [0.4, 0.5) is 0 Å². The maximum absolute atomic E-state index is 9.62. The van der Waals surface area contributed by atoms with Crippen LogP contribution in [0.2, 0.25) is 0 Å². The summed E-state index contributed by atoms with van der Waals surface area (Å²) in [5, 5.41) is 13.0. The minimum atomic E-state index is 0. The summed E-state index contributed by atoms with van der Waals surface area (Å²) < 4.78 is 10.9. The van der Waals surface area contributed by atoms with E-state index in [1.54, 1.807) is 26.4 Å². The molecular formula is C23H32IN3O3. The summed E-state index contributed by atoms with van der Waals surface area (Å²) in [5.41, 5.74) is 2.33. The first-order valence-corrected chi connectivity index (χ1v) is 10.2. The Morgan fingerprint density at radius 1 is 1.17 bits per heavy atom. The van der Waals surface area contributed by atoms with E-state index < -0.39 is 0 Å². The van der Waals surface area contributed by atoms with E-state index in [0.717, 1.165) is 55.5 Å². The SMILES string of the molecule is CCNC(=NCCc1cccc(O)c1)N1CCC(c2cc(OC)cc(OC)c2)C1.I. The van der Waals surface area contributed by atoms with Crippen molar-refractivity contribution in [2.24, 2.45) is 4.99 Å². The summed E-state index contributed by atoms with van der Waals surface area (Å²) >= 11 is 0. The van der Waals surface area contributed by atoms with Crippen molar-refractivity contribution in [3.8, 4) is 17.2 Å². The minimum absolute atomic E-state index is 0. The number of halogens is 1. The van der Waals surface area contributed by atoms with Crippen LogP contribution in [0.25, 0.3) is 0 Å². The van der Waals surface area contributed by atoms with Gasteiger partial charge in [0.2, 0.25) is 0 Å². The Hall–Kier alpha value is -2.16. The number of phenols is 1. The smallest absolute Gasteiger partial charge is 0.193 e. The third-order valence-corrected chi connectivity index (χ3v) is 5.24. The lowest BCUT2D eigenvalue weighted by molar-refractivity contribution is 0.392. The van der Waals surface area contributed by atoms with E-state index in [2.05, 4.69) is 29.3 Å². The molecule has 2 aromatic rings. The highest BCUT2D eigenvalue weighted by Gasteiger charge is 2.26. The molecular weight excluding hydrogens is 493 g/mol. The van der Waals surface area contributed by atoms with E-state index >= 15 is 0 Å². The standard InChI is InChI=1S/C23H31N3O3.HI/c1-4-24-23(25-10-8-17-6-5-7-20(27)12-17)26-11-9-18(16-26)19-13-21(28-2)15-22(14-19)29-3;/h5-7,12-15,18,27H,4,8-11,16H2,1-3H3,(H,24,25);1H. The number of guanidine groups is 1. The van der Waals surface area contributed by atoms with Crippen molar-refractivity contribution in [2.75, 3.05) is 40.4 Å². The fourth-order valence-corrected chi connectivity index (χ4v) is 3.72. The molecule has 1 aliphatic rings. The van der Waals surface area contributed by atoms with Crippen molar-refractivity contribution in [3.05, 3.63) is 53.6 Å². The molecule has 164 valence electrons. The molecule has 2 aromatic carbocycles. The first kappa shape index (κ1) is 24.1. The highest BCUT2D eigenvalue weighted by Crippen LogP contribution is 2.32. The second-order valence-electron chi connectivity index (χ2n) is 7.23. The number of aliphatic imine (C=N–C) groups is 1. The summed E-state index contributed by atoms with van der Waals surface area (Å²) in [5.74, 6) is 3.31. The molecule has 1 unspecified atom stereocenters. The predicted octanol–water partition coefficient (Wildman–Crippen LogP) is 4.02. The van der Waals surface area contributed by atoms with Gasteiger partial charge in [-0.05, 0) is 55.2 Å². The van der Waals surface area contributed by atoms with Gasteiger partial charge >= 0.3 is 0 Å². The van der Waals surface area contributed by atoms with Crippen LogP contribution in [0, 0.1) is 0 Å². The number of rotatable bonds is 7. The number of aromatic hydroxyl groups is 1. The maximum Gasteiger partial charge on any atom is 0.193 e. The van der Waals surface area contributed by atoms with Gasteiger partial charge in [0.15, 0.2) is 5.96 Å². The molecule has 1 aliphatic heterocycles. The van der Waals surface area contributed by atoms with Gasteiger partial charge in [-0.2, -0.15) is 0 Å². The second kappa shape index (κ2) is 11.9. The number of hydrogen-bond acceptors (Lipinski definition) is 4. The highest BCUT2D eigenvalue weighted by molar-refractivity contribution is 14.0. The van der Waals surface area contributed by atoms with Crippen LogP contribution in [0.1, 0.15) is 30.4 Å². The molecule has 1 heterocycles. The Morgan fingerprint density at radius 2 is 1.90 bits per heavy atom. The molecule has 2 N–H and O–H groups in total. The Kier molecular flexibility index (Phi) is 9.55. The zero-order chi connectivity index (χ0) is 20.6. The van der Waals surface area contributed by atoms with Gasteiger partial charge in [-0.25, -0.2) is 0 Å². The summed E-state index contributed by atoms with van der Waals surface area (Å²) in [6.07, 6.45) is 1.86. The van der Waals surface area contributed by atoms with Gasteiger partial charge in [0.25, 0.3) is 0 Å². The molecule has 0 radical (unpaired) electrons. The van der Waals surface area contributed by atoms with E-state index in [9.17, 15) is 5.11 Å². The fraction of sp³-hybridized carbons (Fsp3) is 0.435. The van der Waals surface area contributed by atoms with Crippen molar-refractivity contribution in [2.45, 2.75) is 25.7 Å². The molecule has 0 saturated carbocycles. The Labute approximate surface area is 196 Å². The zero-order valence-corrected chi connectivity index (χ0v) is 20.3. The van der Waals surface area contributed by atoms with Gasteiger partial charge in [-0.3, -0.25) is 4.99 Å². The van der Waals surface area contributed by atoms with Crippen LogP contribution in [-0.2, 0) is 6.42 Å². The van der Waals surface area contributed by atoms with Crippen molar-refractivity contribution in [1.82, 2.24) is 10.2 Å². The monoisotopic (exact) mass is 525 g/mol. The molecule has 30 heavy (non-hydrogen) atoms. The lowest BCUT2D eigenvalue weighted by Crippen LogP contribution is -2.40. The molecule has 1 atom stereocenters. The molecule has 1 fully saturated rings. The molecule has 0 amide bonds. The van der Waals surface area contributed by atoms with Gasteiger partial charge in [0, 0.05) is 38.2 Å². The number of hydrogen-bond donors (Lipinski definition) is 2. The summed E-state index contributed by atoms with van der Waals surface area (Å²) in [7, 11) is 3.36. The predicted molar refractivity (Wildman–Crippen MR) is 132 cm³/mol. The van der Waals surface area contributed by atoms with Crippen molar-refractivity contribution in [3.63, 3.8) is 0 Å². The number of benzene rings is 2. The number of ether oxygens (including phenoxy) is 2. The Balaban J connectivity index is 0.00000320. The number of nitrogens with zero attached hydrogens (tertiary/aromatic N) is 2. The second-order valence-corrected chi connectivity index (χ2v) is 7.23. The average molecular weight is 525 g/mol. The lowest BCUT2D eigenvalue weighted by Gasteiger charge is -2.22. The van der Waals surface area contributed by atoms with Gasteiger partial charge < -0.3 is 24.8 Å². The van der Waals surface area contributed by atoms with Crippen LogP contribution in [0.3, 0.4) is 0 Å². The van der Waals surface area contributed by atoms with Gasteiger partial charge in [-0.1, -0.05) is 12.1 Å². The summed E-state index contributed by atoms with van der Waals surface area (Å²) in [4.78, 5) is 7.14. The number of likely N-dealkylation sites (tertiary alicyclic amines) is 1. The topological polar surface area (TPSA) is 66.3 Å². The van der Waals surface area contributed by atoms with Crippen LogP contribution in [0.15, 0.2) is 47.5 Å². The van der Waals surface area contributed by atoms with Crippen molar-refractivity contribution in [1.29, 1.82) is 0 Å². The minimum Gasteiger partial charge on any atom is -0.508 e. The first-order valence-electron chi connectivity index (χ1n) is 10.2. The summed E-state index contributed by atoms with van der Waals surface area (Å²) in [6, 6.07) is 13.5. The normalized spacial score (nSPS) is 16.2. The third kappa shape index (κ3) is 6.42. The highest BCUT2D eigenvalue weighted by atomic mass is 127. The molecule has 6 nitrogen and oxygen atoms in total. The molecule has 3 rings (SSSR count). The van der Waals surface area contributed by atoms with Crippen LogP contribution < -0.4 is 14.8 Å². The zero-order valence-electron chi connectivity index (χ0n) is 17.9. The van der Waals surface area contributed by atoms with E-state index in [-0.39, 0.29) is 24.0 Å². The Bertz CT molecular complexity index is 822. The third-order valence-electron chi connectivity index (χ3n) is 5.24. The van der Waals surface area contributed by atoms with Crippen molar-refractivity contribution >= 4 is 29.9 Å². The maximum atomic E-state index is 9.62. The van der Waals surface area contributed by atoms with E-state index in [4.69, 9.17) is 14.5 Å². The quantitative estimate of drug-likeness (QED) is 0.325. The molecule has 0 bridgehead atoms. The van der Waals surface area contributed by atoms with E-state index in [0.29, 0.717) is 18.2 Å². The molecule has 0 aliphatic carbocycles. The average Bonchev–Trinajstić information content (AvgIpc) is 3.23. The Morgan fingerprint density at radius 3 is 2.53 bits per heavy atom. The molecule has 0 aromatic heterocycles. The van der Waals surface area contributed by atoms with Crippen molar-refractivity contribution < 1.29 is 14.6 Å². The van der Waals surface area contributed by atoms with E-state index in [1.807, 2.05) is 18.2 Å². The van der Waals surface area contributed by atoms with Gasteiger partial charge in [0.05, 0.1) is 14.2 Å². The number of nitrogens with one attached hydrogen (secondary N) is 1. The molecule has 0 spiro atoms. The largest absolute Gasteiger partial charge is 0.508 e. The van der Waals surface area contributed by atoms with Crippen LogP contribution in [-0.4, -0.2) is 56.4 Å². The molecule has 7 heteroatoms. The van der Waals surface area contributed by atoms with Gasteiger partial charge in [0.1, 0.15) is 17.2 Å². The van der Waals surface area contributed by atoms with Gasteiger partial charge in [-0.15, -0.1) is 24.0 Å². The number of methoxy groups -OCH3 is 2. The van der Waals surface area contributed by atoms with Crippen LogP contribution in [0.5, 0.6) is 17.2 Å². The fourth-order valence-electron chi connectivity index (χ4n) is 3.72. The first-order chi connectivity index (χ1) is 14.1. The lowest BCUT2D eigenvalue weighted by atomic mass is 9.98. The van der Waals surface area contributed by atoms with Crippen LogP contribution >= 0.6 is 24.0 Å². The summed E-state index contributed by atoms with van der Waals surface area (Å²) in [6.45, 7) is 5.47. The molecule has 1 saturated heterocycles. The number of phenolic OH excluding ortho intramolecular Hbond substituents is 1.